The highest BCUT2D eigenvalue weighted by Gasteiger charge is 2.09. The Bertz CT molecular complexity index is 564. The second-order valence-electron chi connectivity index (χ2n) is 3.90. The van der Waals surface area contributed by atoms with Gasteiger partial charge in [0.2, 0.25) is 0 Å². The molecule has 0 saturated carbocycles. The van der Waals surface area contributed by atoms with E-state index in [9.17, 15) is 0 Å². The van der Waals surface area contributed by atoms with E-state index in [1.54, 1.807) is 0 Å². The molecule has 0 spiro atoms. The van der Waals surface area contributed by atoms with Crippen molar-refractivity contribution in [3.63, 3.8) is 0 Å². The first-order chi connectivity index (χ1) is 9.11. The van der Waals surface area contributed by atoms with E-state index >= 15 is 0 Å². The van der Waals surface area contributed by atoms with Gasteiger partial charge < -0.3 is 4.74 Å². The van der Waals surface area contributed by atoms with Gasteiger partial charge in [-0.1, -0.05) is 45.7 Å². The quantitative estimate of drug-likeness (QED) is 0.475. The number of halogens is 4. The van der Waals surface area contributed by atoms with Gasteiger partial charge in [0.1, 0.15) is 12.4 Å². The van der Waals surface area contributed by atoms with Crippen molar-refractivity contribution in [1.29, 1.82) is 0 Å². The molecule has 0 N–H and O–H groups in total. The van der Waals surface area contributed by atoms with Crippen LogP contribution in [0.25, 0.3) is 0 Å². The molecule has 0 heterocycles. The van der Waals surface area contributed by atoms with Crippen LogP contribution in [0.4, 0.5) is 0 Å². The summed E-state index contributed by atoms with van der Waals surface area (Å²) in [6.07, 6.45) is 0. The number of hydrogen-bond donors (Lipinski definition) is 0. The van der Waals surface area contributed by atoms with Crippen LogP contribution in [-0.2, 0) is 11.9 Å². The lowest BCUT2D eigenvalue weighted by Crippen LogP contribution is -1.98. The first-order valence-corrected chi connectivity index (χ1v) is 8.60. The SMILES string of the molecule is Clc1ccccc1COc1c(Br)cc(CBr)cc1Br. The lowest BCUT2D eigenvalue weighted by atomic mass is 10.2. The van der Waals surface area contributed by atoms with Crippen LogP contribution >= 0.6 is 59.4 Å². The molecular weight excluding hydrogens is 459 g/mol. The van der Waals surface area contributed by atoms with Crippen LogP contribution in [0.2, 0.25) is 5.02 Å². The Morgan fingerprint density at radius 1 is 1.05 bits per heavy atom. The summed E-state index contributed by atoms with van der Waals surface area (Å²) >= 11 is 16.6. The van der Waals surface area contributed by atoms with Gasteiger partial charge in [0.05, 0.1) is 8.95 Å². The van der Waals surface area contributed by atoms with E-state index in [0.717, 1.165) is 25.6 Å². The normalized spacial score (nSPS) is 10.5. The Balaban J connectivity index is 2.18. The minimum atomic E-state index is 0.435. The van der Waals surface area contributed by atoms with E-state index < -0.39 is 0 Å². The van der Waals surface area contributed by atoms with Crippen molar-refractivity contribution in [2.75, 3.05) is 0 Å². The first kappa shape index (κ1) is 15.4. The van der Waals surface area contributed by atoms with Gasteiger partial charge in [-0.15, -0.1) is 0 Å². The molecule has 0 aliphatic heterocycles. The third kappa shape index (κ3) is 3.97. The molecule has 0 amide bonds. The van der Waals surface area contributed by atoms with Gasteiger partial charge in [-0.05, 0) is 55.6 Å². The largest absolute Gasteiger partial charge is 0.486 e. The lowest BCUT2D eigenvalue weighted by molar-refractivity contribution is 0.302. The van der Waals surface area contributed by atoms with E-state index in [-0.39, 0.29) is 0 Å². The van der Waals surface area contributed by atoms with Crippen LogP contribution in [0.15, 0.2) is 45.3 Å². The highest BCUT2D eigenvalue weighted by atomic mass is 79.9. The molecule has 0 bridgehead atoms. The average molecular weight is 469 g/mol. The summed E-state index contributed by atoms with van der Waals surface area (Å²) in [5.74, 6) is 0.782. The maximum Gasteiger partial charge on any atom is 0.148 e. The third-order valence-corrected chi connectivity index (χ3v) is 4.74. The molecule has 1 nitrogen and oxygen atoms in total. The number of ether oxygens (including phenoxy) is 1. The van der Waals surface area contributed by atoms with Gasteiger partial charge in [-0.25, -0.2) is 0 Å². The lowest BCUT2D eigenvalue weighted by Gasteiger charge is -2.12. The van der Waals surface area contributed by atoms with Gasteiger partial charge in [-0.3, -0.25) is 0 Å². The summed E-state index contributed by atoms with van der Waals surface area (Å²) in [7, 11) is 0. The zero-order valence-corrected chi connectivity index (χ0v) is 15.3. The predicted molar refractivity (Wildman–Crippen MR) is 90.3 cm³/mol. The Kier molecular flexibility index (Phi) is 5.75. The van der Waals surface area contributed by atoms with Crippen molar-refractivity contribution < 1.29 is 4.74 Å². The molecular formula is C14H10Br3ClO. The Morgan fingerprint density at radius 2 is 1.68 bits per heavy atom. The van der Waals surface area contributed by atoms with Crippen LogP contribution < -0.4 is 4.74 Å². The summed E-state index contributed by atoms with van der Waals surface area (Å²) in [6.45, 7) is 0.435. The van der Waals surface area contributed by atoms with Crippen molar-refractivity contribution in [3.05, 3.63) is 61.5 Å². The summed E-state index contributed by atoms with van der Waals surface area (Å²) in [5, 5.41) is 1.52. The molecule has 0 unspecified atom stereocenters. The fourth-order valence-electron chi connectivity index (χ4n) is 1.59. The van der Waals surface area contributed by atoms with Gasteiger partial charge in [0.15, 0.2) is 0 Å². The Hall–Kier alpha value is -0.0300. The van der Waals surface area contributed by atoms with Crippen LogP contribution in [0.1, 0.15) is 11.1 Å². The van der Waals surface area contributed by atoms with Crippen LogP contribution in [0.5, 0.6) is 5.75 Å². The molecule has 0 atom stereocenters. The molecule has 0 radical (unpaired) electrons. The fourth-order valence-corrected chi connectivity index (χ4v) is 3.62. The molecule has 0 aliphatic rings. The second kappa shape index (κ2) is 7.11. The molecule has 0 saturated heterocycles. The van der Waals surface area contributed by atoms with E-state index in [2.05, 4.69) is 47.8 Å². The van der Waals surface area contributed by atoms with E-state index in [0.29, 0.717) is 11.6 Å². The molecule has 0 aliphatic carbocycles. The summed E-state index contributed by atoms with van der Waals surface area (Å²) < 4.78 is 7.68. The van der Waals surface area contributed by atoms with Crippen LogP contribution in [0, 0.1) is 0 Å². The van der Waals surface area contributed by atoms with Crippen molar-refractivity contribution in [2.45, 2.75) is 11.9 Å². The molecule has 19 heavy (non-hydrogen) atoms. The molecule has 5 heteroatoms. The summed E-state index contributed by atoms with van der Waals surface area (Å²) in [5.41, 5.74) is 2.14. The number of hydrogen-bond acceptors (Lipinski definition) is 1. The number of rotatable bonds is 4. The van der Waals surface area contributed by atoms with Crippen molar-refractivity contribution in [2.24, 2.45) is 0 Å². The smallest absolute Gasteiger partial charge is 0.148 e. The van der Waals surface area contributed by atoms with Crippen molar-refractivity contribution in [1.82, 2.24) is 0 Å². The highest BCUT2D eigenvalue weighted by Crippen LogP contribution is 2.36. The number of alkyl halides is 1. The Labute approximate surface area is 142 Å². The topological polar surface area (TPSA) is 9.23 Å². The second-order valence-corrected chi connectivity index (χ2v) is 6.58. The Morgan fingerprint density at radius 3 is 2.26 bits per heavy atom. The minimum Gasteiger partial charge on any atom is -0.486 e. The summed E-state index contributed by atoms with van der Waals surface area (Å²) in [6, 6.07) is 11.7. The van der Waals surface area contributed by atoms with Crippen molar-refractivity contribution >= 4 is 59.4 Å². The van der Waals surface area contributed by atoms with E-state index in [1.807, 2.05) is 36.4 Å². The molecule has 2 rings (SSSR count). The highest BCUT2D eigenvalue weighted by molar-refractivity contribution is 9.11. The maximum absolute atomic E-state index is 6.11. The number of benzene rings is 2. The fraction of sp³-hybridized carbons (Fsp3) is 0.143. The zero-order valence-electron chi connectivity index (χ0n) is 9.80. The van der Waals surface area contributed by atoms with Gasteiger partial charge in [0, 0.05) is 15.9 Å². The third-order valence-electron chi connectivity index (χ3n) is 2.54. The van der Waals surface area contributed by atoms with Gasteiger partial charge in [0.25, 0.3) is 0 Å². The molecule has 2 aromatic rings. The first-order valence-electron chi connectivity index (χ1n) is 5.52. The van der Waals surface area contributed by atoms with Crippen LogP contribution in [0.3, 0.4) is 0 Å². The predicted octanol–water partition coefficient (Wildman–Crippen LogP) is 6.34. The van der Waals surface area contributed by atoms with E-state index in [4.69, 9.17) is 16.3 Å². The summed E-state index contributed by atoms with van der Waals surface area (Å²) in [4.78, 5) is 0. The molecule has 2 aromatic carbocycles. The monoisotopic (exact) mass is 466 g/mol. The van der Waals surface area contributed by atoms with Crippen LogP contribution in [-0.4, -0.2) is 0 Å². The maximum atomic E-state index is 6.11. The molecule has 0 aromatic heterocycles. The zero-order chi connectivity index (χ0) is 13.8. The van der Waals surface area contributed by atoms with E-state index in [1.165, 1.54) is 5.56 Å². The molecule has 100 valence electrons. The average Bonchev–Trinajstić information content (AvgIpc) is 2.39. The molecule has 0 fully saturated rings. The van der Waals surface area contributed by atoms with Crippen molar-refractivity contribution in [3.8, 4) is 5.75 Å². The minimum absolute atomic E-state index is 0.435. The standard InChI is InChI=1S/C14H10Br3ClO/c15-7-9-5-11(16)14(12(17)6-9)19-8-10-3-1-2-4-13(10)18/h1-6H,7-8H2. The van der Waals surface area contributed by atoms with Gasteiger partial charge in [-0.2, -0.15) is 0 Å². The van der Waals surface area contributed by atoms with Gasteiger partial charge >= 0.3 is 0 Å².